The summed E-state index contributed by atoms with van der Waals surface area (Å²) in [6.07, 6.45) is 9.21. The Balaban J connectivity index is 1.43. The van der Waals surface area contributed by atoms with Crippen molar-refractivity contribution in [1.29, 1.82) is 0 Å². The molecule has 1 unspecified atom stereocenters. The third-order valence-corrected chi connectivity index (χ3v) is 8.70. The highest BCUT2D eigenvalue weighted by Crippen LogP contribution is 2.36. The van der Waals surface area contributed by atoms with E-state index in [1.807, 2.05) is 29.1 Å². The van der Waals surface area contributed by atoms with Gasteiger partial charge in [0.05, 0.1) is 17.7 Å². The highest BCUT2D eigenvalue weighted by molar-refractivity contribution is 6.08. The minimum Gasteiger partial charge on any atom is -0.352 e. The van der Waals surface area contributed by atoms with Crippen molar-refractivity contribution in [1.82, 2.24) is 19.4 Å². The summed E-state index contributed by atoms with van der Waals surface area (Å²) in [5.74, 6) is 0.562. The Morgan fingerprint density at radius 2 is 1.67 bits per heavy atom. The van der Waals surface area contributed by atoms with Crippen LogP contribution in [0.1, 0.15) is 66.7 Å². The molecule has 6 rings (SSSR count). The van der Waals surface area contributed by atoms with E-state index in [-0.39, 0.29) is 17.9 Å². The van der Waals surface area contributed by atoms with Gasteiger partial charge in [0, 0.05) is 30.4 Å². The first-order chi connectivity index (χ1) is 18.9. The van der Waals surface area contributed by atoms with Gasteiger partial charge in [-0.15, -0.1) is 0 Å². The molecule has 1 atom stereocenters. The van der Waals surface area contributed by atoms with Gasteiger partial charge in [-0.25, -0.2) is 0 Å². The second kappa shape index (κ2) is 10.4. The lowest BCUT2D eigenvalue weighted by Gasteiger charge is -2.38. The van der Waals surface area contributed by atoms with Crippen molar-refractivity contribution in [3.05, 3.63) is 89.4 Å². The average Bonchev–Trinajstić information content (AvgIpc) is 3.58. The van der Waals surface area contributed by atoms with Crippen LogP contribution in [0.4, 0.5) is 0 Å². The van der Waals surface area contributed by atoms with E-state index in [4.69, 9.17) is 0 Å². The van der Waals surface area contributed by atoms with Crippen LogP contribution in [0.15, 0.2) is 67.0 Å². The zero-order valence-corrected chi connectivity index (χ0v) is 23.2. The molecule has 2 aliphatic rings. The quantitative estimate of drug-likeness (QED) is 0.337. The molecule has 0 bridgehead atoms. The van der Waals surface area contributed by atoms with Crippen LogP contribution >= 0.6 is 0 Å². The predicted molar refractivity (Wildman–Crippen MR) is 155 cm³/mol. The lowest BCUT2D eigenvalue weighted by atomic mass is 9.87. The Morgan fingerprint density at radius 1 is 0.974 bits per heavy atom. The molecular weight excluding hydrogens is 484 g/mol. The van der Waals surface area contributed by atoms with Gasteiger partial charge in [0.2, 0.25) is 5.91 Å². The first-order valence-corrected chi connectivity index (χ1v) is 14.4. The Kier molecular flexibility index (Phi) is 6.79. The molecule has 1 N–H and O–H groups in total. The molecule has 6 heteroatoms. The van der Waals surface area contributed by atoms with E-state index in [1.54, 1.807) is 4.90 Å². The highest BCUT2D eigenvalue weighted by Gasteiger charge is 2.41. The summed E-state index contributed by atoms with van der Waals surface area (Å²) in [6.45, 7) is 7.33. The third-order valence-electron chi connectivity index (χ3n) is 8.70. The van der Waals surface area contributed by atoms with Gasteiger partial charge in [-0.2, -0.15) is 0 Å². The van der Waals surface area contributed by atoms with Crippen LogP contribution in [0.2, 0.25) is 0 Å². The summed E-state index contributed by atoms with van der Waals surface area (Å²) in [5, 5.41) is 4.37. The molecule has 1 fully saturated rings. The van der Waals surface area contributed by atoms with E-state index in [0.29, 0.717) is 24.7 Å². The lowest BCUT2D eigenvalue weighted by molar-refractivity contribution is -0.127. The minimum absolute atomic E-state index is 0.0461. The van der Waals surface area contributed by atoms with E-state index >= 15 is 0 Å². The van der Waals surface area contributed by atoms with Crippen molar-refractivity contribution in [3.63, 3.8) is 0 Å². The van der Waals surface area contributed by atoms with Gasteiger partial charge < -0.3 is 19.4 Å². The number of hydrogen-bond donors (Lipinski definition) is 1. The van der Waals surface area contributed by atoms with Crippen molar-refractivity contribution in [3.8, 4) is 5.69 Å². The number of aromatic nitrogens is 2. The molecule has 0 saturated heterocycles. The molecule has 6 nitrogen and oxygen atoms in total. The molecule has 202 valence electrons. The first-order valence-electron chi connectivity index (χ1n) is 14.4. The molecule has 0 spiro atoms. The van der Waals surface area contributed by atoms with Gasteiger partial charge in [-0.1, -0.05) is 49.7 Å². The Hall–Kier alpha value is -3.80. The average molecular weight is 523 g/mol. The van der Waals surface area contributed by atoms with Gasteiger partial charge in [-0.05, 0) is 80.3 Å². The number of hydrogen-bond acceptors (Lipinski definition) is 2. The number of fused-ring (bicyclic) bond motifs is 3. The van der Waals surface area contributed by atoms with Crippen LogP contribution in [0.25, 0.3) is 16.6 Å². The topological polar surface area (TPSA) is 59.3 Å². The van der Waals surface area contributed by atoms with Crippen molar-refractivity contribution in [2.45, 2.75) is 78.0 Å². The van der Waals surface area contributed by atoms with Gasteiger partial charge in [0.15, 0.2) is 0 Å². The summed E-state index contributed by atoms with van der Waals surface area (Å²) in [6, 6.07) is 18.3. The van der Waals surface area contributed by atoms with E-state index in [9.17, 15) is 9.59 Å². The summed E-state index contributed by atoms with van der Waals surface area (Å²) in [4.78, 5) is 30.2. The number of amides is 2. The molecular formula is C33H38N4O2. The van der Waals surface area contributed by atoms with E-state index in [0.717, 1.165) is 59.8 Å². The van der Waals surface area contributed by atoms with Crippen LogP contribution in [-0.2, 0) is 24.3 Å². The molecule has 1 aliphatic carbocycles. The lowest BCUT2D eigenvalue weighted by Crippen LogP contribution is -2.56. The van der Waals surface area contributed by atoms with Crippen LogP contribution in [0.3, 0.4) is 0 Å². The van der Waals surface area contributed by atoms with E-state index in [1.165, 1.54) is 5.56 Å². The van der Waals surface area contributed by atoms with Gasteiger partial charge in [-0.3, -0.25) is 9.59 Å². The molecule has 2 aromatic heterocycles. The fourth-order valence-corrected chi connectivity index (χ4v) is 6.34. The number of carbonyl (C=O) groups excluding carboxylic acids is 2. The summed E-state index contributed by atoms with van der Waals surface area (Å²) in [5.41, 5.74) is 5.95. The molecule has 2 aromatic carbocycles. The van der Waals surface area contributed by atoms with Crippen LogP contribution in [0.5, 0.6) is 0 Å². The Morgan fingerprint density at radius 3 is 2.36 bits per heavy atom. The van der Waals surface area contributed by atoms with Crippen LogP contribution < -0.4 is 5.32 Å². The number of nitrogens with zero attached hydrogens (tertiary/aromatic N) is 3. The maximum Gasteiger partial charge on any atom is 0.273 e. The summed E-state index contributed by atoms with van der Waals surface area (Å²) >= 11 is 0. The van der Waals surface area contributed by atoms with Crippen molar-refractivity contribution < 1.29 is 9.59 Å². The monoisotopic (exact) mass is 522 g/mol. The fourth-order valence-electron chi connectivity index (χ4n) is 6.34. The fraction of sp³-hybridized carbons (Fsp3) is 0.394. The second-order valence-corrected chi connectivity index (χ2v) is 11.5. The molecule has 4 aromatic rings. The van der Waals surface area contributed by atoms with Crippen LogP contribution in [-0.4, -0.2) is 37.9 Å². The molecule has 39 heavy (non-hydrogen) atoms. The molecule has 3 heterocycles. The normalized spacial score (nSPS) is 21.3. The van der Waals surface area contributed by atoms with E-state index < -0.39 is 6.04 Å². The SMILES string of the molecule is CCc1ccc(CN2C(=O)c3c(-n4cccc4)c4cc(C)ccc4n3CC2C(=O)NC2CCC(C)CC2)cc1. The Labute approximate surface area is 230 Å². The minimum atomic E-state index is -0.579. The molecule has 1 saturated carbocycles. The second-order valence-electron chi connectivity index (χ2n) is 11.5. The van der Waals surface area contributed by atoms with Crippen molar-refractivity contribution in [2.24, 2.45) is 5.92 Å². The highest BCUT2D eigenvalue weighted by atomic mass is 16.2. The summed E-state index contributed by atoms with van der Waals surface area (Å²) in [7, 11) is 0. The third kappa shape index (κ3) is 4.77. The Bertz CT molecular complexity index is 1490. The number of benzene rings is 2. The van der Waals surface area contributed by atoms with Crippen molar-refractivity contribution in [2.75, 3.05) is 0 Å². The smallest absolute Gasteiger partial charge is 0.273 e. The molecule has 1 aliphatic heterocycles. The maximum atomic E-state index is 14.5. The number of carbonyl (C=O) groups is 2. The summed E-state index contributed by atoms with van der Waals surface area (Å²) < 4.78 is 4.11. The maximum absolute atomic E-state index is 14.5. The number of rotatable bonds is 6. The largest absolute Gasteiger partial charge is 0.352 e. The molecule has 0 radical (unpaired) electrons. The number of nitrogens with one attached hydrogen (secondary N) is 1. The van der Waals surface area contributed by atoms with Crippen molar-refractivity contribution >= 4 is 22.7 Å². The van der Waals surface area contributed by atoms with Gasteiger partial charge in [0.1, 0.15) is 11.7 Å². The predicted octanol–water partition coefficient (Wildman–Crippen LogP) is 6.02. The molecule has 2 amide bonds. The van der Waals surface area contributed by atoms with Gasteiger partial charge >= 0.3 is 0 Å². The zero-order valence-electron chi connectivity index (χ0n) is 23.2. The van der Waals surface area contributed by atoms with Gasteiger partial charge in [0.25, 0.3) is 5.91 Å². The zero-order chi connectivity index (χ0) is 27.1. The van der Waals surface area contributed by atoms with E-state index in [2.05, 4.69) is 73.1 Å². The number of aryl methyl sites for hydroxylation is 2. The first kappa shape index (κ1) is 25.5. The van der Waals surface area contributed by atoms with Crippen LogP contribution in [0, 0.1) is 12.8 Å². The standard InChI is InChI=1S/C33H38N4O2/c1-4-24-10-12-25(13-11-24)20-37-29(32(38)34-26-14-7-22(2)8-15-26)21-36-28-16-9-23(3)19-27(28)30(31(36)33(37)39)35-17-5-6-18-35/h5-6,9-13,16-19,22,26,29H,4,7-8,14-15,20-21H2,1-3H3,(H,34,38).